The quantitative estimate of drug-likeness (QED) is 0.681. The van der Waals surface area contributed by atoms with Crippen molar-refractivity contribution in [1.82, 2.24) is 4.90 Å². The molecular weight excluding hydrogens is 368 g/mol. The van der Waals surface area contributed by atoms with E-state index in [0.717, 1.165) is 5.75 Å². The Labute approximate surface area is 172 Å². The van der Waals surface area contributed by atoms with Crippen LogP contribution in [0.2, 0.25) is 0 Å². The number of rotatable bonds is 9. The molecule has 0 unspecified atom stereocenters. The Kier molecular flexibility index (Phi) is 7.65. The first-order chi connectivity index (χ1) is 13.8. The lowest BCUT2D eigenvalue weighted by atomic mass is 10.1. The van der Waals surface area contributed by atoms with Crippen molar-refractivity contribution < 1.29 is 19.1 Å². The topological polar surface area (TPSA) is 67.9 Å². The fourth-order valence-corrected chi connectivity index (χ4v) is 2.82. The van der Waals surface area contributed by atoms with Crippen LogP contribution in [0.25, 0.3) is 0 Å². The van der Waals surface area contributed by atoms with Gasteiger partial charge in [-0.15, -0.1) is 0 Å². The van der Waals surface area contributed by atoms with Crippen molar-refractivity contribution in [3.8, 4) is 11.5 Å². The average molecular weight is 399 g/mol. The van der Waals surface area contributed by atoms with Gasteiger partial charge >= 0.3 is 0 Å². The second kappa shape index (κ2) is 9.96. The smallest absolute Gasteiger partial charge is 0.267 e. The van der Waals surface area contributed by atoms with E-state index < -0.39 is 5.60 Å². The molecule has 6 nitrogen and oxygen atoms in total. The van der Waals surface area contributed by atoms with Crippen molar-refractivity contribution in [1.29, 1.82) is 0 Å². The molecule has 0 aliphatic heterocycles. The van der Waals surface area contributed by atoms with Crippen molar-refractivity contribution in [2.24, 2.45) is 0 Å². The Balaban J connectivity index is 2.08. The molecule has 0 radical (unpaired) electrons. The third kappa shape index (κ3) is 5.98. The molecule has 0 spiro atoms. The number of ether oxygens (including phenoxy) is 2. The second-order valence-corrected chi connectivity index (χ2v) is 7.03. The molecule has 0 saturated carbocycles. The second-order valence-electron chi connectivity index (χ2n) is 7.03. The van der Waals surface area contributed by atoms with Crippen molar-refractivity contribution in [3.63, 3.8) is 0 Å². The van der Waals surface area contributed by atoms with Crippen LogP contribution in [0.3, 0.4) is 0 Å². The zero-order valence-electron chi connectivity index (χ0n) is 17.8. The molecule has 156 valence electrons. The van der Waals surface area contributed by atoms with E-state index in [1.807, 2.05) is 20.8 Å². The highest BCUT2D eigenvalue weighted by Gasteiger charge is 2.30. The van der Waals surface area contributed by atoms with Gasteiger partial charge in [0, 0.05) is 24.3 Å². The number of carbonyl (C=O) groups excluding carboxylic acids is 2. The summed E-state index contributed by atoms with van der Waals surface area (Å²) in [4.78, 5) is 27.1. The monoisotopic (exact) mass is 398 g/mol. The maximum Gasteiger partial charge on any atom is 0.267 e. The minimum Gasteiger partial charge on any atom is -0.494 e. The van der Waals surface area contributed by atoms with Crippen molar-refractivity contribution >= 4 is 17.5 Å². The standard InChI is InChI=1S/C23H30N2O4/c1-6-25(7-2)21(26)17-10-9-11-18(16-17)24-22(27)23(4,5)29-20-14-12-19(13-15-20)28-8-3/h9-16H,6-8H2,1-5H3,(H,24,27). The van der Waals surface area contributed by atoms with E-state index in [4.69, 9.17) is 9.47 Å². The molecule has 0 atom stereocenters. The van der Waals surface area contributed by atoms with E-state index in [9.17, 15) is 9.59 Å². The number of carbonyl (C=O) groups is 2. The molecule has 2 aromatic rings. The summed E-state index contributed by atoms with van der Waals surface area (Å²) >= 11 is 0. The van der Waals surface area contributed by atoms with E-state index in [-0.39, 0.29) is 11.8 Å². The van der Waals surface area contributed by atoms with Crippen molar-refractivity contribution in [2.75, 3.05) is 25.0 Å². The molecule has 2 amide bonds. The zero-order valence-corrected chi connectivity index (χ0v) is 17.8. The van der Waals surface area contributed by atoms with Gasteiger partial charge < -0.3 is 19.7 Å². The van der Waals surface area contributed by atoms with Gasteiger partial charge in [0.05, 0.1) is 6.61 Å². The van der Waals surface area contributed by atoms with Gasteiger partial charge in [-0.1, -0.05) is 6.07 Å². The molecule has 0 aliphatic rings. The van der Waals surface area contributed by atoms with Gasteiger partial charge in [0.1, 0.15) is 11.5 Å². The highest BCUT2D eigenvalue weighted by Crippen LogP contribution is 2.23. The number of amides is 2. The van der Waals surface area contributed by atoms with Crippen LogP contribution in [0.1, 0.15) is 45.0 Å². The molecule has 29 heavy (non-hydrogen) atoms. The van der Waals surface area contributed by atoms with Crippen LogP contribution in [0.4, 0.5) is 5.69 Å². The summed E-state index contributed by atoms with van der Waals surface area (Å²) in [7, 11) is 0. The predicted octanol–water partition coefficient (Wildman–Crippen LogP) is 4.36. The summed E-state index contributed by atoms with van der Waals surface area (Å²) in [6.07, 6.45) is 0. The van der Waals surface area contributed by atoms with Crippen LogP contribution in [0.15, 0.2) is 48.5 Å². The molecule has 0 saturated heterocycles. The van der Waals surface area contributed by atoms with Crippen LogP contribution in [0.5, 0.6) is 11.5 Å². The molecule has 0 fully saturated rings. The Bertz CT molecular complexity index is 827. The summed E-state index contributed by atoms with van der Waals surface area (Å²) in [5.41, 5.74) is -0.0143. The number of hydrogen-bond donors (Lipinski definition) is 1. The van der Waals surface area contributed by atoms with Gasteiger partial charge in [-0.3, -0.25) is 9.59 Å². The lowest BCUT2D eigenvalue weighted by Gasteiger charge is -2.25. The maximum atomic E-state index is 12.8. The SMILES string of the molecule is CCOc1ccc(OC(C)(C)C(=O)Nc2cccc(C(=O)N(CC)CC)c2)cc1. The normalized spacial score (nSPS) is 10.9. The number of hydrogen-bond acceptors (Lipinski definition) is 4. The van der Waals surface area contributed by atoms with Gasteiger partial charge in [0.25, 0.3) is 11.8 Å². The molecule has 0 aliphatic carbocycles. The maximum absolute atomic E-state index is 12.8. The van der Waals surface area contributed by atoms with E-state index in [2.05, 4.69) is 5.32 Å². The first-order valence-corrected chi connectivity index (χ1v) is 9.93. The molecule has 2 aromatic carbocycles. The van der Waals surface area contributed by atoms with Crippen LogP contribution < -0.4 is 14.8 Å². The van der Waals surface area contributed by atoms with Crippen LogP contribution >= 0.6 is 0 Å². The molecule has 0 bridgehead atoms. The lowest BCUT2D eigenvalue weighted by molar-refractivity contribution is -0.128. The summed E-state index contributed by atoms with van der Waals surface area (Å²) in [5.74, 6) is 0.950. The van der Waals surface area contributed by atoms with Crippen molar-refractivity contribution in [2.45, 2.75) is 40.2 Å². The Hall–Kier alpha value is -3.02. The van der Waals surface area contributed by atoms with Gasteiger partial charge in [-0.25, -0.2) is 0 Å². The Morgan fingerprint density at radius 1 is 0.966 bits per heavy atom. The first kappa shape index (κ1) is 22.3. The molecule has 2 rings (SSSR count). The number of nitrogens with one attached hydrogen (secondary N) is 1. The van der Waals surface area contributed by atoms with Gasteiger partial charge in [0.15, 0.2) is 5.60 Å². The van der Waals surface area contributed by atoms with E-state index in [0.29, 0.717) is 36.7 Å². The fraction of sp³-hybridized carbons (Fsp3) is 0.391. The minimum absolute atomic E-state index is 0.0593. The average Bonchev–Trinajstić information content (AvgIpc) is 2.70. The van der Waals surface area contributed by atoms with E-state index >= 15 is 0 Å². The Morgan fingerprint density at radius 3 is 2.17 bits per heavy atom. The van der Waals surface area contributed by atoms with Crippen molar-refractivity contribution in [3.05, 3.63) is 54.1 Å². The van der Waals surface area contributed by atoms with Gasteiger partial charge in [-0.2, -0.15) is 0 Å². The Morgan fingerprint density at radius 2 is 1.59 bits per heavy atom. The molecule has 0 aromatic heterocycles. The largest absolute Gasteiger partial charge is 0.494 e. The molecule has 6 heteroatoms. The summed E-state index contributed by atoms with van der Waals surface area (Å²) in [6.45, 7) is 11.0. The van der Waals surface area contributed by atoms with Crippen LogP contribution in [-0.4, -0.2) is 42.0 Å². The van der Waals surface area contributed by atoms with Crippen LogP contribution in [0, 0.1) is 0 Å². The third-order valence-corrected chi connectivity index (χ3v) is 4.47. The van der Waals surface area contributed by atoms with E-state index in [1.165, 1.54) is 0 Å². The summed E-state index contributed by atoms with van der Waals surface area (Å²) in [6, 6.07) is 14.1. The summed E-state index contributed by atoms with van der Waals surface area (Å²) in [5, 5.41) is 2.84. The fourth-order valence-electron chi connectivity index (χ4n) is 2.82. The number of anilines is 1. The first-order valence-electron chi connectivity index (χ1n) is 9.93. The third-order valence-electron chi connectivity index (χ3n) is 4.47. The summed E-state index contributed by atoms with van der Waals surface area (Å²) < 4.78 is 11.3. The molecule has 0 heterocycles. The number of nitrogens with zero attached hydrogens (tertiary/aromatic N) is 1. The highest BCUT2D eigenvalue weighted by molar-refractivity contribution is 5.99. The minimum atomic E-state index is -1.11. The molecule has 1 N–H and O–H groups in total. The van der Waals surface area contributed by atoms with E-state index in [1.54, 1.807) is 67.3 Å². The van der Waals surface area contributed by atoms with Crippen LogP contribution in [-0.2, 0) is 4.79 Å². The molecular formula is C23H30N2O4. The number of benzene rings is 2. The zero-order chi connectivity index (χ0) is 21.4. The predicted molar refractivity (Wildman–Crippen MR) is 115 cm³/mol. The van der Waals surface area contributed by atoms with Gasteiger partial charge in [-0.05, 0) is 77.1 Å². The highest BCUT2D eigenvalue weighted by atomic mass is 16.5. The van der Waals surface area contributed by atoms with Gasteiger partial charge in [0.2, 0.25) is 0 Å². The lowest BCUT2D eigenvalue weighted by Crippen LogP contribution is -2.42.